The molecule has 1 aliphatic rings. The SMILES string of the molecule is CCCCCN1C(=O)CC(c2ccc(N)cc2)C1=O. The molecule has 1 saturated heterocycles. The molecule has 2 amide bonds. The first-order valence-electron chi connectivity index (χ1n) is 6.83. The zero-order chi connectivity index (χ0) is 13.8. The Labute approximate surface area is 113 Å². The number of likely N-dealkylation sites (tertiary alicyclic amines) is 1. The number of hydrogen-bond donors (Lipinski definition) is 1. The van der Waals surface area contributed by atoms with Gasteiger partial charge in [-0.1, -0.05) is 31.9 Å². The van der Waals surface area contributed by atoms with Crippen molar-refractivity contribution in [3.63, 3.8) is 0 Å². The molecule has 4 nitrogen and oxygen atoms in total. The lowest BCUT2D eigenvalue weighted by Crippen LogP contribution is -2.31. The lowest BCUT2D eigenvalue weighted by Gasteiger charge is -2.14. The lowest BCUT2D eigenvalue weighted by molar-refractivity contribution is -0.138. The van der Waals surface area contributed by atoms with Gasteiger partial charge in [0.1, 0.15) is 0 Å². The maximum Gasteiger partial charge on any atom is 0.237 e. The summed E-state index contributed by atoms with van der Waals surface area (Å²) in [4.78, 5) is 25.6. The summed E-state index contributed by atoms with van der Waals surface area (Å²) in [6.07, 6.45) is 3.30. The fraction of sp³-hybridized carbons (Fsp3) is 0.467. The molecular weight excluding hydrogens is 240 g/mol. The van der Waals surface area contributed by atoms with Crippen LogP contribution in [-0.4, -0.2) is 23.3 Å². The Morgan fingerprint density at radius 3 is 2.53 bits per heavy atom. The van der Waals surface area contributed by atoms with Crippen LogP contribution >= 0.6 is 0 Å². The quantitative estimate of drug-likeness (QED) is 0.502. The predicted octanol–water partition coefficient (Wildman–Crippen LogP) is 2.30. The molecule has 4 heteroatoms. The van der Waals surface area contributed by atoms with E-state index in [1.807, 2.05) is 12.1 Å². The van der Waals surface area contributed by atoms with Crippen LogP contribution < -0.4 is 5.73 Å². The molecule has 0 aromatic heterocycles. The maximum atomic E-state index is 12.3. The summed E-state index contributed by atoms with van der Waals surface area (Å²) in [6.45, 7) is 2.65. The molecule has 1 heterocycles. The van der Waals surface area contributed by atoms with Crippen molar-refractivity contribution in [3.8, 4) is 0 Å². The highest BCUT2D eigenvalue weighted by Crippen LogP contribution is 2.30. The number of carbonyl (C=O) groups is 2. The van der Waals surface area contributed by atoms with Gasteiger partial charge in [-0.2, -0.15) is 0 Å². The Kier molecular flexibility index (Phi) is 4.20. The molecule has 19 heavy (non-hydrogen) atoms. The number of benzene rings is 1. The number of hydrogen-bond acceptors (Lipinski definition) is 3. The highest BCUT2D eigenvalue weighted by molar-refractivity contribution is 6.06. The Morgan fingerprint density at radius 2 is 1.89 bits per heavy atom. The number of unbranched alkanes of at least 4 members (excludes halogenated alkanes) is 2. The number of anilines is 1. The van der Waals surface area contributed by atoms with Gasteiger partial charge in [-0.25, -0.2) is 0 Å². The van der Waals surface area contributed by atoms with Gasteiger partial charge < -0.3 is 5.73 Å². The van der Waals surface area contributed by atoms with E-state index in [9.17, 15) is 9.59 Å². The Morgan fingerprint density at radius 1 is 1.21 bits per heavy atom. The van der Waals surface area contributed by atoms with Crippen molar-refractivity contribution in [2.24, 2.45) is 0 Å². The van der Waals surface area contributed by atoms with Crippen LogP contribution in [0.1, 0.15) is 44.1 Å². The first-order valence-corrected chi connectivity index (χ1v) is 6.83. The average molecular weight is 260 g/mol. The van der Waals surface area contributed by atoms with E-state index in [1.54, 1.807) is 12.1 Å². The Balaban J connectivity index is 2.07. The minimum absolute atomic E-state index is 0.0528. The Hall–Kier alpha value is -1.84. The van der Waals surface area contributed by atoms with E-state index < -0.39 is 0 Å². The normalized spacial score (nSPS) is 19.2. The third kappa shape index (κ3) is 2.95. The number of rotatable bonds is 5. The molecule has 1 atom stereocenters. The van der Waals surface area contributed by atoms with Gasteiger partial charge >= 0.3 is 0 Å². The maximum absolute atomic E-state index is 12.3. The van der Waals surface area contributed by atoms with E-state index in [0.29, 0.717) is 12.2 Å². The van der Waals surface area contributed by atoms with Crippen LogP contribution in [0.25, 0.3) is 0 Å². The van der Waals surface area contributed by atoms with E-state index in [1.165, 1.54) is 4.90 Å². The van der Waals surface area contributed by atoms with Gasteiger partial charge in [-0.3, -0.25) is 14.5 Å². The number of carbonyl (C=O) groups excluding carboxylic acids is 2. The summed E-state index contributed by atoms with van der Waals surface area (Å²) in [5.41, 5.74) is 7.18. The van der Waals surface area contributed by atoms with Crippen molar-refractivity contribution in [1.82, 2.24) is 4.90 Å². The van der Waals surface area contributed by atoms with E-state index >= 15 is 0 Å². The van der Waals surface area contributed by atoms with Gasteiger partial charge in [0.05, 0.1) is 5.92 Å². The number of nitrogens with zero attached hydrogens (tertiary/aromatic N) is 1. The van der Waals surface area contributed by atoms with Crippen molar-refractivity contribution in [1.29, 1.82) is 0 Å². The fourth-order valence-corrected chi connectivity index (χ4v) is 2.43. The molecule has 1 aromatic carbocycles. The van der Waals surface area contributed by atoms with Crippen LogP contribution in [0.2, 0.25) is 0 Å². The van der Waals surface area contributed by atoms with Crippen LogP contribution in [0.5, 0.6) is 0 Å². The standard InChI is InChI=1S/C15H20N2O2/c1-2-3-4-9-17-14(18)10-13(15(17)19)11-5-7-12(16)8-6-11/h5-8,13H,2-4,9-10,16H2,1H3. The second-order valence-electron chi connectivity index (χ2n) is 5.01. The molecule has 0 saturated carbocycles. The van der Waals surface area contributed by atoms with Gasteiger partial charge in [0.25, 0.3) is 0 Å². The molecule has 0 spiro atoms. The fourth-order valence-electron chi connectivity index (χ4n) is 2.43. The highest BCUT2D eigenvalue weighted by Gasteiger charge is 2.38. The van der Waals surface area contributed by atoms with Gasteiger partial charge in [0.2, 0.25) is 11.8 Å². The zero-order valence-corrected chi connectivity index (χ0v) is 11.3. The summed E-state index contributed by atoms with van der Waals surface area (Å²) < 4.78 is 0. The van der Waals surface area contributed by atoms with Gasteiger partial charge in [0, 0.05) is 18.7 Å². The van der Waals surface area contributed by atoms with Crippen LogP contribution in [0, 0.1) is 0 Å². The molecule has 0 bridgehead atoms. The lowest BCUT2D eigenvalue weighted by atomic mass is 9.97. The topological polar surface area (TPSA) is 63.4 Å². The third-order valence-corrected chi connectivity index (χ3v) is 3.57. The van der Waals surface area contributed by atoms with Gasteiger partial charge in [0.15, 0.2) is 0 Å². The molecule has 2 rings (SSSR count). The van der Waals surface area contributed by atoms with Gasteiger partial charge in [-0.15, -0.1) is 0 Å². The number of nitrogen functional groups attached to an aromatic ring is 1. The van der Waals surface area contributed by atoms with Crippen LogP contribution in [-0.2, 0) is 9.59 Å². The van der Waals surface area contributed by atoms with E-state index in [-0.39, 0.29) is 24.2 Å². The van der Waals surface area contributed by atoms with Crippen molar-refractivity contribution in [2.75, 3.05) is 12.3 Å². The summed E-state index contributed by atoms with van der Waals surface area (Å²) >= 11 is 0. The molecule has 2 N–H and O–H groups in total. The first-order chi connectivity index (χ1) is 9.13. The van der Waals surface area contributed by atoms with Crippen LogP contribution in [0.4, 0.5) is 5.69 Å². The smallest absolute Gasteiger partial charge is 0.237 e. The van der Waals surface area contributed by atoms with E-state index in [4.69, 9.17) is 5.73 Å². The summed E-state index contributed by atoms with van der Waals surface area (Å²) in [5.74, 6) is -0.441. The highest BCUT2D eigenvalue weighted by atomic mass is 16.2. The summed E-state index contributed by atoms with van der Waals surface area (Å²) in [7, 11) is 0. The van der Waals surface area contributed by atoms with Crippen molar-refractivity contribution >= 4 is 17.5 Å². The number of imide groups is 1. The minimum Gasteiger partial charge on any atom is -0.399 e. The number of nitrogens with two attached hydrogens (primary N) is 1. The summed E-state index contributed by atoms with van der Waals surface area (Å²) in [5, 5.41) is 0. The molecule has 1 aliphatic heterocycles. The molecule has 1 aromatic rings. The second kappa shape index (κ2) is 5.87. The minimum atomic E-state index is -0.324. The molecule has 1 fully saturated rings. The first kappa shape index (κ1) is 13.6. The molecular formula is C15H20N2O2. The average Bonchev–Trinajstić information content (AvgIpc) is 2.68. The monoisotopic (exact) mass is 260 g/mol. The molecule has 1 unspecified atom stereocenters. The van der Waals surface area contributed by atoms with Crippen molar-refractivity contribution < 1.29 is 9.59 Å². The van der Waals surface area contributed by atoms with Crippen molar-refractivity contribution in [3.05, 3.63) is 29.8 Å². The largest absolute Gasteiger partial charge is 0.399 e. The number of amides is 2. The predicted molar refractivity (Wildman–Crippen MR) is 74.5 cm³/mol. The van der Waals surface area contributed by atoms with Crippen molar-refractivity contribution in [2.45, 2.75) is 38.5 Å². The van der Waals surface area contributed by atoms with E-state index in [0.717, 1.165) is 24.8 Å². The Bertz CT molecular complexity index is 468. The molecule has 0 aliphatic carbocycles. The van der Waals surface area contributed by atoms with Gasteiger partial charge in [-0.05, 0) is 24.1 Å². The summed E-state index contributed by atoms with van der Waals surface area (Å²) in [6, 6.07) is 7.21. The third-order valence-electron chi connectivity index (χ3n) is 3.57. The van der Waals surface area contributed by atoms with Crippen LogP contribution in [0.3, 0.4) is 0 Å². The molecule has 0 radical (unpaired) electrons. The zero-order valence-electron chi connectivity index (χ0n) is 11.3. The van der Waals surface area contributed by atoms with Crippen LogP contribution in [0.15, 0.2) is 24.3 Å². The second-order valence-corrected chi connectivity index (χ2v) is 5.01. The molecule has 102 valence electrons. The van der Waals surface area contributed by atoms with E-state index in [2.05, 4.69) is 6.92 Å².